The first kappa shape index (κ1) is 38.8. The summed E-state index contributed by atoms with van der Waals surface area (Å²) < 4.78 is 6.19. The van der Waals surface area contributed by atoms with Gasteiger partial charge < -0.3 is 19.8 Å². The summed E-state index contributed by atoms with van der Waals surface area (Å²) in [6.45, 7) is 10.1. The number of ether oxygens (including phenoxy) is 1. The molecule has 39 heavy (non-hydrogen) atoms. The molecule has 0 fully saturated rings. The molecule has 0 saturated heterocycles. The zero-order valence-corrected chi connectivity index (χ0v) is 27.1. The van der Waals surface area contributed by atoms with Crippen molar-refractivity contribution in [1.82, 2.24) is 4.90 Å². The van der Waals surface area contributed by atoms with E-state index in [-0.39, 0.29) is 12.7 Å². The quantitative estimate of drug-likeness (QED) is 0.0624. The zero-order chi connectivity index (χ0) is 28.7. The minimum absolute atomic E-state index is 0.238. The molecular formula is C35H73NO3. The molecule has 4 heteroatoms. The molecule has 0 saturated carbocycles. The van der Waals surface area contributed by atoms with E-state index in [2.05, 4.69) is 25.7 Å². The van der Waals surface area contributed by atoms with E-state index < -0.39 is 6.29 Å². The van der Waals surface area contributed by atoms with Gasteiger partial charge in [0.05, 0.1) is 12.7 Å². The molecule has 0 aliphatic heterocycles. The summed E-state index contributed by atoms with van der Waals surface area (Å²) in [7, 11) is 0. The molecule has 236 valence electrons. The van der Waals surface area contributed by atoms with Gasteiger partial charge in [-0.05, 0) is 51.6 Å². The Kier molecular flexibility index (Phi) is 32.2. The summed E-state index contributed by atoms with van der Waals surface area (Å²) in [5.41, 5.74) is 0. The molecule has 4 nitrogen and oxygen atoms in total. The van der Waals surface area contributed by atoms with Crippen molar-refractivity contribution in [2.45, 2.75) is 200 Å². The highest BCUT2D eigenvalue weighted by Crippen LogP contribution is 2.19. The maximum atomic E-state index is 10.6. The Balaban J connectivity index is 4.03. The van der Waals surface area contributed by atoms with Crippen LogP contribution in [-0.4, -0.2) is 53.7 Å². The topological polar surface area (TPSA) is 52.9 Å². The summed E-state index contributed by atoms with van der Waals surface area (Å²) in [4.78, 5) is 2.45. The maximum Gasteiger partial charge on any atom is 0.154 e. The summed E-state index contributed by atoms with van der Waals surface area (Å²) in [5.74, 6) is 0. The van der Waals surface area contributed by atoms with Gasteiger partial charge in [-0.2, -0.15) is 0 Å². The molecule has 0 aliphatic carbocycles. The van der Waals surface area contributed by atoms with Gasteiger partial charge in [0.15, 0.2) is 6.29 Å². The van der Waals surface area contributed by atoms with Crippen molar-refractivity contribution in [3.63, 3.8) is 0 Å². The summed E-state index contributed by atoms with van der Waals surface area (Å²) in [6, 6.07) is 0. The third-order valence-electron chi connectivity index (χ3n) is 8.28. The van der Waals surface area contributed by atoms with Crippen LogP contribution in [0.4, 0.5) is 0 Å². The molecule has 0 aromatic heterocycles. The third-order valence-corrected chi connectivity index (χ3v) is 8.28. The second kappa shape index (κ2) is 32.4. The van der Waals surface area contributed by atoms with Gasteiger partial charge in [0.2, 0.25) is 0 Å². The van der Waals surface area contributed by atoms with Crippen molar-refractivity contribution in [2.24, 2.45) is 0 Å². The Morgan fingerprint density at radius 2 is 0.821 bits per heavy atom. The van der Waals surface area contributed by atoms with E-state index in [0.717, 1.165) is 45.3 Å². The van der Waals surface area contributed by atoms with E-state index in [9.17, 15) is 10.2 Å². The number of aliphatic hydroxyl groups is 2. The highest BCUT2D eigenvalue weighted by atomic mass is 16.6. The highest BCUT2D eigenvalue weighted by molar-refractivity contribution is 4.63. The molecular weight excluding hydrogens is 482 g/mol. The van der Waals surface area contributed by atoms with Crippen molar-refractivity contribution in [1.29, 1.82) is 0 Å². The zero-order valence-electron chi connectivity index (χ0n) is 27.1. The number of rotatable bonds is 33. The largest absolute Gasteiger partial charge is 0.395 e. The van der Waals surface area contributed by atoms with Crippen LogP contribution in [0, 0.1) is 0 Å². The predicted octanol–water partition coefficient (Wildman–Crippen LogP) is 10.2. The minimum Gasteiger partial charge on any atom is -0.395 e. The fraction of sp³-hybridized carbons (Fsp3) is 1.00. The Morgan fingerprint density at radius 1 is 0.462 bits per heavy atom. The van der Waals surface area contributed by atoms with Gasteiger partial charge in [-0.3, -0.25) is 0 Å². The molecule has 0 heterocycles. The molecule has 0 aromatic carbocycles. The van der Waals surface area contributed by atoms with E-state index >= 15 is 0 Å². The van der Waals surface area contributed by atoms with Crippen LogP contribution >= 0.6 is 0 Å². The van der Waals surface area contributed by atoms with Gasteiger partial charge >= 0.3 is 0 Å². The second-order valence-corrected chi connectivity index (χ2v) is 12.2. The van der Waals surface area contributed by atoms with E-state index in [1.807, 2.05) is 0 Å². The Hall–Kier alpha value is -0.160. The standard InChI is InChI=1S/C35H73NO3/c1-4-7-10-13-17-22-27-34(28-23-18-14-11-8-5-2)39-35(38)29-24-19-16-21-26-31-36(32-33-37)30-25-20-15-12-9-6-3/h34-35,37-38H,4-33H2,1-3H3. The molecule has 1 unspecified atom stereocenters. The lowest BCUT2D eigenvalue weighted by molar-refractivity contribution is -0.144. The maximum absolute atomic E-state index is 10.6. The average Bonchev–Trinajstić information content (AvgIpc) is 2.93. The first-order valence-electron chi connectivity index (χ1n) is 17.8. The molecule has 0 rings (SSSR count). The number of unbranched alkanes of at least 4 members (excludes halogenated alkanes) is 19. The van der Waals surface area contributed by atoms with E-state index in [1.54, 1.807) is 0 Å². The Bertz CT molecular complexity index is 432. The summed E-state index contributed by atoms with van der Waals surface area (Å²) >= 11 is 0. The first-order valence-corrected chi connectivity index (χ1v) is 17.8. The molecule has 0 aliphatic rings. The van der Waals surface area contributed by atoms with E-state index in [4.69, 9.17) is 4.74 Å². The lowest BCUT2D eigenvalue weighted by atomic mass is 10.0. The van der Waals surface area contributed by atoms with Crippen LogP contribution in [0.25, 0.3) is 0 Å². The highest BCUT2D eigenvalue weighted by Gasteiger charge is 2.14. The Labute approximate surface area is 246 Å². The number of nitrogens with zero attached hydrogens (tertiary/aromatic N) is 1. The van der Waals surface area contributed by atoms with Crippen LogP contribution in [0.3, 0.4) is 0 Å². The van der Waals surface area contributed by atoms with Gasteiger partial charge in [-0.15, -0.1) is 0 Å². The molecule has 0 aromatic rings. The fourth-order valence-electron chi connectivity index (χ4n) is 5.65. The SMILES string of the molecule is CCCCCCCCC(CCCCCCCC)OC(O)CCCCCCCN(CCO)CCCCCCCC. The van der Waals surface area contributed by atoms with Crippen LogP contribution in [0.1, 0.15) is 188 Å². The van der Waals surface area contributed by atoms with Crippen molar-refractivity contribution < 1.29 is 14.9 Å². The molecule has 0 bridgehead atoms. The van der Waals surface area contributed by atoms with Crippen molar-refractivity contribution in [3.8, 4) is 0 Å². The lowest BCUT2D eigenvalue weighted by Gasteiger charge is -2.22. The lowest BCUT2D eigenvalue weighted by Crippen LogP contribution is -2.29. The van der Waals surface area contributed by atoms with Crippen molar-refractivity contribution in [3.05, 3.63) is 0 Å². The molecule has 1 atom stereocenters. The molecule has 2 N–H and O–H groups in total. The van der Waals surface area contributed by atoms with Crippen molar-refractivity contribution >= 4 is 0 Å². The molecule has 0 radical (unpaired) electrons. The van der Waals surface area contributed by atoms with Crippen LogP contribution < -0.4 is 0 Å². The van der Waals surface area contributed by atoms with E-state index in [0.29, 0.717) is 0 Å². The summed E-state index contributed by atoms with van der Waals surface area (Å²) in [5, 5.41) is 20.0. The predicted molar refractivity (Wildman–Crippen MR) is 171 cm³/mol. The minimum atomic E-state index is -0.590. The third kappa shape index (κ3) is 29.1. The second-order valence-electron chi connectivity index (χ2n) is 12.2. The van der Waals surface area contributed by atoms with Gasteiger partial charge in [-0.1, -0.05) is 149 Å². The number of hydrogen-bond acceptors (Lipinski definition) is 4. The van der Waals surface area contributed by atoms with Gasteiger partial charge in [0.1, 0.15) is 0 Å². The first-order chi connectivity index (χ1) is 19.2. The van der Waals surface area contributed by atoms with Crippen molar-refractivity contribution in [2.75, 3.05) is 26.2 Å². The summed E-state index contributed by atoms with van der Waals surface area (Å²) in [6.07, 6.45) is 32.4. The molecule has 0 amide bonds. The van der Waals surface area contributed by atoms with Crippen LogP contribution in [0.5, 0.6) is 0 Å². The van der Waals surface area contributed by atoms with Gasteiger partial charge in [0.25, 0.3) is 0 Å². The van der Waals surface area contributed by atoms with E-state index in [1.165, 1.54) is 141 Å². The smallest absolute Gasteiger partial charge is 0.154 e. The molecule has 0 spiro atoms. The normalized spacial score (nSPS) is 12.7. The Morgan fingerprint density at radius 3 is 1.23 bits per heavy atom. The monoisotopic (exact) mass is 556 g/mol. The van der Waals surface area contributed by atoms with Gasteiger partial charge in [0, 0.05) is 6.54 Å². The number of hydrogen-bond donors (Lipinski definition) is 2. The van der Waals surface area contributed by atoms with Crippen LogP contribution in [0.2, 0.25) is 0 Å². The fourth-order valence-corrected chi connectivity index (χ4v) is 5.65. The average molecular weight is 556 g/mol. The van der Waals surface area contributed by atoms with Crippen LogP contribution in [0.15, 0.2) is 0 Å². The van der Waals surface area contributed by atoms with Gasteiger partial charge in [-0.25, -0.2) is 0 Å². The number of aliphatic hydroxyl groups excluding tert-OH is 2. The van der Waals surface area contributed by atoms with Crippen LogP contribution in [-0.2, 0) is 4.74 Å².